The molecule has 0 aliphatic carbocycles. The van der Waals surface area contributed by atoms with Gasteiger partial charge in [0, 0.05) is 36.3 Å². The van der Waals surface area contributed by atoms with Gasteiger partial charge in [-0.2, -0.15) is 0 Å². The van der Waals surface area contributed by atoms with Gasteiger partial charge in [-0.3, -0.25) is 14.4 Å². The lowest BCUT2D eigenvalue weighted by atomic mass is 10.1. The number of anilines is 1. The number of halogens is 1. The number of hydrogen-bond donors (Lipinski definition) is 3. The van der Waals surface area contributed by atoms with E-state index in [0.29, 0.717) is 29.4 Å². The zero-order chi connectivity index (χ0) is 18.9. The van der Waals surface area contributed by atoms with E-state index in [4.69, 9.17) is 11.6 Å². The summed E-state index contributed by atoms with van der Waals surface area (Å²) in [5.74, 6) is -0.538. The largest absolute Gasteiger partial charge is 0.354 e. The Hall–Kier alpha value is -2.86. The molecule has 0 atom stereocenters. The van der Waals surface area contributed by atoms with Crippen molar-refractivity contribution < 1.29 is 14.4 Å². The molecule has 0 saturated heterocycles. The molecule has 0 spiro atoms. The minimum absolute atomic E-state index is 0.124. The SMILES string of the molecule is CC(=O)Nc1ccc(C(=O)NCCNC(=O)Cc2ccc(Cl)cc2)cc1. The maximum atomic E-state index is 12.0. The molecule has 0 aliphatic rings. The summed E-state index contributed by atoms with van der Waals surface area (Å²) in [6, 6.07) is 13.6. The standard InChI is InChI=1S/C19H20ClN3O3/c1-13(24)23-17-8-4-15(5-9-17)19(26)22-11-10-21-18(25)12-14-2-6-16(20)7-3-14/h2-9H,10-12H2,1H3,(H,21,25)(H,22,26)(H,23,24). The van der Waals surface area contributed by atoms with Crippen molar-refractivity contribution in [2.24, 2.45) is 0 Å². The normalized spacial score (nSPS) is 10.1. The Labute approximate surface area is 156 Å². The molecule has 0 bridgehead atoms. The summed E-state index contributed by atoms with van der Waals surface area (Å²) in [5, 5.41) is 8.74. The van der Waals surface area contributed by atoms with Crippen molar-refractivity contribution in [1.29, 1.82) is 0 Å². The second kappa shape index (κ2) is 9.58. The highest BCUT2D eigenvalue weighted by Gasteiger charge is 2.06. The van der Waals surface area contributed by atoms with Crippen LogP contribution in [0, 0.1) is 0 Å². The Balaban J connectivity index is 1.70. The van der Waals surface area contributed by atoms with Gasteiger partial charge in [-0.1, -0.05) is 23.7 Å². The van der Waals surface area contributed by atoms with E-state index in [1.807, 2.05) is 0 Å². The zero-order valence-electron chi connectivity index (χ0n) is 14.3. The van der Waals surface area contributed by atoms with Crippen molar-refractivity contribution >= 4 is 35.0 Å². The van der Waals surface area contributed by atoms with Gasteiger partial charge in [0.15, 0.2) is 0 Å². The van der Waals surface area contributed by atoms with E-state index in [1.54, 1.807) is 48.5 Å². The average molecular weight is 374 g/mol. The first kappa shape index (κ1) is 19.5. The van der Waals surface area contributed by atoms with Crippen LogP contribution in [0.5, 0.6) is 0 Å². The van der Waals surface area contributed by atoms with E-state index in [9.17, 15) is 14.4 Å². The molecular formula is C19H20ClN3O3. The molecule has 0 unspecified atom stereocenters. The van der Waals surface area contributed by atoms with Crippen molar-refractivity contribution in [2.75, 3.05) is 18.4 Å². The first-order chi connectivity index (χ1) is 12.4. The third-order valence-corrected chi connectivity index (χ3v) is 3.73. The van der Waals surface area contributed by atoms with Gasteiger partial charge < -0.3 is 16.0 Å². The van der Waals surface area contributed by atoms with Crippen LogP contribution in [0.15, 0.2) is 48.5 Å². The molecule has 3 amide bonds. The van der Waals surface area contributed by atoms with Crippen LogP contribution in [-0.2, 0) is 16.0 Å². The Morgan fingerprint density at radius 3 is 2.12 bits per heavy atom. The lowest BCUT2D eigenvalue weighted by molar-refractivity contribution is -0.120. The Morgan fingerprint density at radius 1 is 0.885 bits per heavy atom. The number of benzene rings is 2. The summed E-state index contributed by atoms with van der Waals surface area (Å²) in [4.78, 5) is 34.8. The molecule has 0 heterocycles. The van der Waals surface area contributed by atoms with Gasteiger partial charge >= 0.3 is 0 Å². The molecule has 2 rings (SSSR count). The molecule has 2 aromatic rings. The number of carbonyl (C=O) groups is 3. The maximum Gasteiger partial charge on any atom is 0.251 e. The van der Waals surface area contributed by atoms with Crippen LogP contribution in [0.3, 0.4) is 0 Å². The second-order valence-corrected chi connectivity index (χ2v) is 6.10. The number of amides is 3. The molecule has 26 heavy (non-hydrogen) atoms. The van der Waals surface area contributed by atoms with Crippen molar-refractivity contribution in [3.63, 3.8) is 0 Å². The van der Waals surface area contributed by atoms with Gasteiger partial charge in [0.05, 0.1) is 6.42 Å². The summed E-state index contributed by atoms with van der Waals surface area (Å²) in [6.07, 6.45) is 0.260. The molecular weight excluding hydrogens is 354 g/mol. The lowest BCUT2D eigenvalue weighted by Gasteiger charge is -2.08. The molecule has 0 saturated carbocycles. The second-order valence-electron chi connectivity index (χ2n) is 5.67. The van der Waals surface area contributed by atoms with Crippen molar-refractivity contribution in [1.82, 2.24) is 10.6 Å². The summed E-state index contributed by atoms with van der Waals surface area (Å²) in [7, 11) is 0. The van der Waals surface area contributed by atoms with Gasteiger partial charge in [0.25, 0.3) is 5.91 Å². The molecule has 7 heteroatoms. The fourth-order valence-corrected chi connectivity index (χ4v) is 2.36. The van der Waals surface area contributed by atoms with Crippen LogP contribution in [-0.4, -0.2) is 30.8 Å². The summed E-state index contributed by atoms with van der Waals surface area (Å²) in [6.45, 7) is 2.07. The van der Waals surface area contributed by atoms with E-state index < -0.39 is 0 Å². The monoisotopic (exact) mass is 373 g/mol. The van der Waals surface area contributed by atoms with E-state index in [2.05, 4.69) is 16.0 Å². The van der Waals surface area contributed by atoms with Crippen LogP contribution in [0.1, 0.15) is 22.8 Å². The molecule has 6 nitrogen and oxygen atoms in total. The fraction of sp³-hybridized carbons (Fsp3) is 0.211. The molecule has 0 fully saturated rings. The van der Waals surface area contributed by atoms with Crippen LogP contribution in [0.25, 0.3) is 0 Å². The minimum Gasteiger partial charge on any atom is -0.354 e. The highest BCUT2D eigenvalue weighted by atomic mass is 35.5. The van der Waals surface area contributed by atoms with E-state index >= 15 is 0 Å². The molecule has 0 aromatic heterocycles. The highest BCUT2D eigenvalue weighted by molar-refractivity contribution is 6.30. The third kappa shape index (κ3) is 6.57. The molecule has 2 aromatic carbocycles. The lowest BCUT2D eigenvalue weighted by Crippen LogP contribution is -2.35. The zero-order valence-corrected chi connectivity index (χ0v) is 15.1. The molecule has 0 radical (unpaired) electrons. The smallest absolute Gasteiger partial charge is 0.251 e. The quantitative estimate of drug-likeness (QED) is 0.651. The number of hydrogen-bond acceptors (Lipinski definition) is 3. The van der Waals surface area contributed by atoms with Crippen molar-refractivity contribution in [3.8, 4) is 0 Å². The summed E-state index contributed by atoms with van der Waals surface area (Å²) in [5.41, 5.74) is 1.98. The first-order valence-corrected chi connectivity index (χ1v) is 8.49. The van der Waals surface area contributed by atoms with Crippen molar-refractivity contribution in [2.45, 2.75) is 13.3 Å². The van der Waals surface area contributed by atoms with Crippen LogP contribution in [0.2, 0.25) is 5.02 Å². The van der Waals surface area contributed by atoms with Crippen LogP contribution < -0.4 is 16.0 Å². The number of rotatable bonds is 7. The summed E-state index contributed by atoms with van der Waals surface area (Å²) >= 11 is 5.80. The average Bonchev–Trinajstić information content (AvgIpc) is 2.60. The fourth-order valence-electron chi connectivity index (χ4n) is 2.24. The van der Waals surface area contributed by atoms with Crippen LogP contribution >= 0.6 is 11.6 Å². The number of carbonyl (C=O) groups excluding carboxylic acids is 3. The Bertz CT molecular complexity index is 774. The number of nitrogens with one attached hydrogen (secondary N) is 3. The van der Waals surface area contributed by atoms with Gasteiger partial charge in [0.2, 0.25) is 11.8 Å². The predicted molar refractivity (Wildman–Crippen MR) is 101 cm³/mol. The van der Waals surface area contributed by atoms with E-state index in [-0.39, 0.29) is 24.1 Å². The van der Waals surface area contributed by atoms with Crippen molar-refractivity contribution in [3.05, 3.63) is 64.7 Å². The Morgan fingerprint density at radius 2 is 1.50 bits per heavy atom. The van der Waals surface area contributed by atoms with Gasteiger partial charge in [-0.15, -0.1) is 0 Å². The molecule has 136 valence electrons. The van der Waals surface area contributed by atoms with Gasteiger partial charge in [0.1, 0.15) is 0 Å². The topological polar surface area (TPSA) is 87.3 Å². The third-order valence-electron chi connectivity index (χ3n) is 3.48. The molecule has 3 N–H and O–H groups in total. The predicted octanol–water partition coefficient (Wildman–Crippen LogP) is 2.39. The Kier molecular flexibility index (Phi) is 7.17. The first-order valence-electron chi connectivity index (χ1n) is 8.11. The highest BCUT2D eigenvalue weighted by Crippen LogP contribution is 2.10. The van der Waals surface area contributed by atoms with Crippen LogP contribution in [0.4, 0.5) is 5.69 Å². The van der Waals surface area contributed by atoms with E-state index in [0.717, 1.165) is 5.56 Å². The molecule has 0 aliphatic heterocycles. The van der Waals surface area contributed by atoms with Gasteiger partial charge in [-0.05, 0) is 42.0 Å². The van der Waals surface area contributed by atoms with E-state index in [1.165, 1.54) is 6.92 Å². The van der Waals surface area contributed by atoms with Gasteiger partial charge in [-0.25, -0.2) is 0 Å². The minimum atomic E-state index is -0.244. The summed E-state index contributed by atoms with van der Waals surface area (Å²) < 4.78 is 0. The maximum absolute atomic E-state index is 12.0.